The Hall–Kier alpha value is -1.70. The summed E-state index contributed by atoms with van der Waals surface area (Å²) in [6, 6.07) is 10.2. The van der Waals surface area contributed by atoms with Gasteiger partial charge in [-0.05, 0) is 48.8 Å². The van der Waals surface area contributed by atoms with E-state index >= 15 is 0 Å². The molecule has 1 aromatic carbocycles. The molecule has 5 nitrogen and oxygen atoms in total. The van der Waals surface area contributed by atoms with Gasteiger partial charge in [-0.25, -0.2) is 4.98 Å². The monoisotopic (exact) mass is 439 g/mol. The lowest BCUT2D eigenvalue weighted by Crippen LogP contribution is -2.40. The molecule has 0 bridgehead atoms. The summed E-state index contributed by atoms with van der Waals surface area (Å²) in [4.78, 5) is 7.30. The number of benzene rings is 1. The molecule has 0 saturated carbocycles. The number of thioether (sulfide) groups is 1. The molecule has 8 heteroatoms. The van der Waals surface area contributed by atoms with Crippen molar-refractivity contribution in [3.63, 3.8) is 0 Å². The summed E-state index contributed by atoms with van der Waals surface area (Å²) >= 11 is 8.45. The van der Waals surface area contributed by atoms with Crippen molar-refractivity contribution in [2.45, 2.75) is 32.2 Å². The van der Waals surface area contributed by atoms with Crippen molar-refractivity contribution in [3.8, 4) is 11.3 Å². The summed E-state index contributed by atoms with van der Waals surface area (Å²) in [6.45, 7) is 5.68. The maximum absolute atomic E-state index is 6.42. The van der Waals surface area contributed by atoms with Gasteiger partial charge in [0.15, 0.2) is 5.65 Å². The van der Waals surface area contributed by atoms with Crippen LogP contribution in [0.3, 0.4) is 0 Å². The fourth-order valence-electron chi connectivity index (χ4n) is 3.93. The first-order chi connectivity index (χ1) is 14.7. The molecule has 1 aliphatic rings. The molecule has 30 heavy (non-hydrogen) atoms. The molecule has 3 aromatic rings. The quantitative estimate of drug-likeness (QED) is 0.426. The van der Waals surface area contributed by atoms with Gasteiger partial charge in [0, 0.05) is 42.0 Å². The van der Waals surface area contributed by atoms with Crippen molar-refractivity contribution in [3.05, 3.63) is 41.6 Å². The minimum atomic E-state index is 0.404. The van der Waals surface area contributed by atoms with Gasteiger partial charge in [0.05, 0.1) is 5.69 Å². The van der Waals surface area contributed by atoms with Gasteiger partial charge in [0.1, 0.15) is 13.7 Å². The van der Waals surface area contributed by atoms with Crippen molar-refractivity contribution in [1.82, 2.24) is 19.5 Å². The van der Waals surface area contributed by atoms with E-state index in [0.717, 1.165) is 43.0 Å². The summed E-state index contributed by atoms with van der Waals surface area (Å²) < 4.78 is 1.80. The molecule has 1 aliphatic heterocycles. The number of nitrogens with one attached hydrogen (secondary N) is 1. The molecule has 0 atom stereocenters. The Morgan fingerprint density at radius 1 is 1.27 bits per heavy atom. The Labute approximate surface area is 189 Å². The Morgan fingerprint density at radius 2 is 2.07 bits per heavy atom. The standard InChI is InChI=1S/C22H27BClN5S/c1-2-30-13-5-10-28-11-8-16(9-12-28)26-21-14-20(17-6-3-4-7-19(17)24)27-22-18(23)15-25-29(21)22/h3-4,6-7,14-16,26H,2,5,8-13H2,1H3. The Kier molecular flexibility index (Phi) is 7.23. The van der Waals surface area contributed by atoms with E-state index in [-0.39, 0.29) is 0 Å². The van der Waals surface area contributed by atoms with E-state index in [1.54, 1.807) is 10.7 Å². The lowest BCUT2D eigenvalue weighted by Gasteiger charge is -2.32. The number of hydrogen-bond donors (Lipinski definition) is 1. The number of nitrogens with zero attached hydrogens (tertiary/aromatic N) is 4. The molecule has 0 aliphatic carbocycles. The topological polar surface area (TPSA) is 45.5 Å². The number of aromatic nitrogens is 3. The lowest BCUT2D eigenvalue weighted by atomic mass is 10.0. The third-order valence-electron chi connectivity index (χ3n) is 5.56. The number of fused-ring (bicyclic) bond motifs is 1. The van der Waals surface area contributed by atoms with Crippen molar-refractivity contribution < 1.29 is 0 Å². The fourth-order valence-corrected chi connectivity index (χ4v) is 4.79. The van der Waals surface area contributed by atoms with E-state index in [1.807, 2.05) is 42.1 Å². The number of rotatable bonds is 8. The minimum absolute atomic E-state index is 0.404. The van der Waals surface area contributed by atoms with E-state index in [4.69, 9.17) is 24.4 Å². The van der Waals surface area contributed by atoms with E-state index in [2.05, 4.69) is 22.2 Å². The molecular formula is C22H27BClN5S. The van der Waals surface area contributed by atoms with Crippen LogP contribution in [0.25, 0.3) is 16.9 Å². The predicted octanol–water partition coefficient (Wildman–Crippen LogP) is 3.86. The molecule has 3 heterocycles. The van der Waals surface area contributed by atoms with Gasteiger partial charge in [0.25, 0.3) is 0 Å². The van der Waals surface area contributed by atoms with Crippen LogP contribution in [0, 0.1) is 0 Å². The first-order valence-electron chi connectivity index (χ1n) is 10.6. The summed E-state index contributed by atoms with van der Waals surface area (Å²) in [6.07, 6.45) is 5.15. The van der Waals surface area contributed by atoms with Gasteiger partial charge >= 0.3 is 0 Å². The number of likely N-dealkylation sites (tertiary alicyclic amines) is 1. The number of anilines is 1. The zero-order valence-electron chi connectivity index (χ0n) is 17.4. The van der Waals surface area contributed by atoms with Gasteiger partial charge in [-0.2, -0.15) is 21.4 Å². The molecule has 2 radical (unpaired) electrons. The molecule has 1 saturated heterocycles. The molecule has 0 unspecified atom stereocenters. The van der Waals surface area contributed by atoms with Crippen LogP contribution in [0.1, 0.15) is 26.2 Å². The molecule has 4 rings (SSSR count). The van der Waals surface area contributed by atoms with Crippen molar-refractivity contribution in [1.29, 1.82) is 0 Å². The van der Waals surface area contributed by atoms with E-state index in [0.29, 0.717) is 22.2 Å². The van der Waals surface area contributed by atoms with Gasteiger partial charge in [-0.15, -0.1) is 0 Å². The van der Waals surface area contributed by atoms with Crippen LogP contribution in [0.15, 0.2) is 36.5 Å². The van der Waals surface area contributed by atoms with Crippen LogP contribution in [0.4, 0.5) is 5.82 Å². The second kappa shape index (κ2) is 10.1. The molecule has 2 aromatic heterocycles. The van der Waals surface area contributed by atoms with Crippen molar-refractivity contribution in [2.75, 3.05) is 36.5 Å². The van der Waals surface area contributed by atoms with E-state index in [9.17, 15) is 0 Å². The molecule has 156 valence electrons. The largest absolute Gasteiger partial charge is 0.367 e. The normalized spacial score (nSPS) is 15.7. The highest BCUT2D eigenvalue weighted by Gasteiger charge is 2.21. The Morgan fingerprint density at radius 3 is 2.83 bits per heavy atom. The summed E-state index contributed by atoms with van der Waals surface area (Å²) in [5.41, 5.74) is 2.91. The molecule has 1 fully saturated rings. The predicted molar refractivity (Wildman–Crippen MR) is 130 cm³/mol. The Balaban J connectivity index is 1.49. The molecule has 0 amide bonds. The number of piperidine rings is 1. The van der Waals surface area contributed by atoms with E-state index in [1.165, 1.54) is 24.5 Å². The second-order valence-electron chi connectivity index (χ2n) is 7.65. The minimum Gasteiger partial charge on any atom is -0.367 e. The molecular weight excluding hydrogens is 413 g/mol. The first-order valence-corrected chi connectivity index (χ1v) is 12.1. The Bertz CT molecular complexity index is 987. The van der Waals surface area contributed by atoms with Crippen LogP contribution in [-0.2, 0) is 0 Å². The molecule has 0 spiro atoms. The van der Waals surface area contributed by atoms with Gasteiger partial charge in [-0.3, -0.25) is 0 Å². The zero-order chi connectivity index (χ0) is 20.9. The third kappa shape index (κ3) is 4.95. The van der Waals surface area contributed by atoms with Gasteiger partial charge < -0.3 is 10.2 Å². The lowest BCUT2D eigenvalue weighted by molar-refractivity contribution is 0.220. The van der Waals surface area contributed by atoms with Gasteiger partial charge in [-0.1, -0.05) is 36.7 Å². The summed E-state index contributed by atoms with van der Waals surface area (Å²) in [5.74, 6) is 3.37. The van der Waals surface area contributed by atoms with Gasteiger partial charge in [0.2, 0.25) is 0 Å². The van der Waals surface area contributed by atoms with Crippen LogP contribution in [0.2, 0.25) is 5.02 Å². The van der Waals surface area contributed by atoms with Crippen molar-refractivity contribution in [2.24, 2.45) is 0 Å². The zero-order valence-corrected chi connectivity index (χ0v) is 18.9. The average molecular weight is 440 g/mol. The molecule has 1 N–H and O–H groups in total. The SMILES string of the molecule is [B]c1cnn2c(NC3CCN(CCCSCC)CC3)cc(-c3ccccc3Cl)nc12. The van der Waals surface area contributed by atoms with Crippen molar-refractivity contribution >= 4 is 48.1 Å². The summed E-state index contributed by atoms with van der Waals surface area (Å²) in [5, 5.41) is 8.80. The van der Waals surface area contributed by atoms with Crippen LogP contribution in [0.5, 0.6) is 0 Å². The smallest absolute Gasteiger partial charge is 0.150 e. The number of halogens is 1. The fraction of sp³-hybridized carbons (Fsp3) is 0.455. The highest BCUT2D eigenvalue weighted by molar-refractivity contribution is 7.99. The maximum atomic E-state index is 6.42. The van der Waals surface area contributed by atoms with Crippen LogP contribution < -0.4 is 10.8 Å². The third-order valence-corrected chi connectivity index (χ3v) is 6.87. The summed E-state index contributed by atoms with van der Waals surface area (Å²) in [7, 11) is 6.13. The first kappa shape index (κ1) is 21.5. The number of hydrogen-bond acceptors (Lipinski definition) is 5. The second-order valence-corrected chi connectivity index (χ2v) is 9.45. The average Bonchev–Trinajstić information content (AvgIpc) is 3.14. The van der Waals surface area contributed by atoms with Crippen LogP contribution in [-0.4, -0.2) is 64.5 Å². The van der Waals surface area contributed by atoms with E-state index < -0.39 is 0 Å². The highest BCUT2D eigenvalue weighted by Crippen LogP contribution is 2.29. The van der Waals surface area contributed by atoms with Crippen LogP contribution >= 0.6 is 23.4 Å². The maximum Gasteiger partial charge on any atom is 0.150 e. The highest BCUT2D eigenvalue weighted by atomic mass is 35.5.